The zero-order chi connectivity index (χ0) is 19.6. The van der Waals surface area contributed by atoms with Gasteiger partial charge in [0.05, 0.1) is 5.71 Å². The molecule has 0 saturated heterocycles. The van der Waals surface area contributed by atoms with E-state index >= 15 is 0 Å². The first kappa shape index (κ1) is 19.6. The lowest BCUT2D eigenvalue weighted by molar-refractivity contribution is 0.0720. The number of ether oxygens (including phenoxy) is 2. The van der Waals surface area contributed by atoms with Gasteiger partial charge in [0.2, 0.25) is 18.1 Å². The smallest absolute Gasteiger partial charge is 0.231 e. The van der Waals surface area contributed by atoms with E-state index in [1.165, 1.54) is 5.57 Å². The van der Waals surface area contributed by atoms with E-state index in [4.69, 9.17) is 25.2 Å². The molecule has 148 valence electrons. The van der Waals surface area contributed by atoms with Crippen LogP contribution < -0.4 is 10.5 Å². The first-order valence-corrected chi connectivity index (χ1v) is 9.91. The fourth-order valence-electron chi connectivity index (χ4n) is 3.30. The average molecular weight is 395 g/mol. The Kier molecular flexibility index (Phi) is 5.98. The molecule has 0 amide bonds. The Bertz CT molecular complexity index is 830. The van der Waals surface area contributed by atoms with Gasteiger partial charge in [0, 0.05) is 25.9 Å². The van der Waals surface area contributed by atoms with Gasteiger partial charge < -0.3 is 25.2 Å². The topological polar surface area (TPSA) is 135 Å². The number of allylic oxidation sites excluding steroid dienone is 3. The minimum Gasteiger partial charge on any atom is -0.458 e. The Morgan fingerprint density at radius 1 is 1.56 bits per heavy atom. The number of hydrogen-bond acceptors (Lipinski definition) is 6. The quantitative estimate of drug-likeness (QED) is 0.300. The van der Waals surface area contributed by atoms with Crippen molar-refractivity contribution in [3.63, 3.8) is 0 Å². The van der Waals surface area contributed by atoms with Crippen molar-refractivity contribution >= 4 is 22.8 Å². The molecule has 0 fully saturated rings. The molecule has 2 unspecified atom stereocenters. The summed E-state index contributed by atoms with van der Waals surface area (Å²) in [5.74, 6) is 3.20. The summed E-state index contributed by atoms with van der Waals surface area (Å²) in [6, 6.07) is 0. The van der Waals surface area contributed by atoms with Crippen LogP contribution in [0.25, 0.3) is 0 Å². The Hall–Kier alpha value is -2.17. The van der Waals surface area contributed by atoms with E-state index in [1.807, 2.05) is 10.6 Å². The molecule has 1 aliphatic carbocycles. The summed E-state index contributed by atoms with van der Waals surface area (Å²) in [5.41, 5.74) is 8.19. The van der Waals surface area contributed by atoms with Gasteiger partial charge in [0.15, 0.2) is 5.76 Å². The van der Waals surface area contributed by atoms with Crippen LogP contribution in [0.3, 0.4) is 0 Å². The molecule has 3 rings (SSSR count). The van der Waals surface area contributed by atoms with Crippen LogP contribution in [0.2, 0.25) is 0 Å². The summed E-state index contributed by atoms with van der Waals surface area (Å²) < 4.78 is 34.9. The Labute approximate surface area is 160 Å². The van der Waals surface area contributed by atoms with Crippen LogP contribution in [0.4, 0.5) is 5.82 Å². The number of nitrogens with one attached hydrogen (secondary N) is 2. The third kappa shape index (κ3) is 4.40. The summed E-state index contributed by atoms with van der Waals surface area (Å²) in [5, 5.41) is 7.91. The third-order valence-electron chi connectivity index (χ3n) is 4.75. The van der Waals surface area contributed by atoms with E-state index in [2.05, 4.69) is 16.6 Å². The highest BCUT2D eigenvalue weighted by atomic mass is 32.2. The fraction of sp³-hybridized carbons (Fsp3) is 0.529. The van der Waals surface area contributed by atoms with E-state index in [1.54, 1.807) is 6.92 Å². The molecule has 1 aromatic heterocycles. The van der Waals surface area contributed by atoms with Crippen LogP contribution in [-0.4, -0.2) is 37.4 Å². The molecule has 2 atom stereocenters. The van der Waals surface area contributed by atoms with Gasteiger partial charge in [-0.2, -0.15) is 0 Å². The van der Waals surface area contributed by atoms with Gasteiger partial charge in [0.25, 0.3) is 0 Å². The highest BCUT2D eigenvalue weighted by Gasteiger charge is 2.27. The van der Waals surface area contributed by atoms with Crippen molar-refractivity contribution < 1.29 is 18.2 Å². The molecule has 1 aliphatic heterocycles. The van der Waals surface area contributed by atoms with Crippen LogP contribution in [0.15, 0.2) is 23.2 Å². The third-order valence-corrected chi connectivity index (χ3v) is 5.20. The van der Waals surface area contributed by atoms with E-state index < -0.39 is 11.3 Å². The Balaban J connectivity index is 1.82. The van der Waals surface area contributed by atoms with E-state index in [9.17, 15) is 4.21 Å². The zero-order valence-electron chi connectivity index (χ0n) is 15.4. The normalized spacial score (nSPS) is 20.0. The lowest BCUT2D eigenvalue weighted by Gasteiger charge is -2.20. The highest BCUT2D eigenvalue weighted by Crippen LogP contribution is 2.35. The second kappa shape index (κ2) is 8.24. The van der Waals surface area contributed by atoms with E-state index in [-0.39, 0.29) is 6.79 Å². The summed E-state index contributed by atoms with van der Waals surface area (Å²) >= 11 is -2.03. The molecule has 0 aromatic carbocycles. The summed E-state index contributed by atoms with van der Waals surface area (Å²) in [4.78, 5) is 4.59. The number of nitrogen functional groups attached to an aromatic ring is 1. The van der Waals surface area contributed by atoms with Gasteiger partial charge in [-0.15, -0.1) is 0 Å². The Morgan fingerprint density at radius 2 is 2.33 bits per heavy atom. The van der Waals surface area contributed by atoms with Crippen molar-refractivity contribution in [1.82, 2.24) is 14.3 Å². The summed E-state index contributed by atoms with van der Waals surface area (Å²) in [7, 11) is 0. The molecule has 5 N–H and O–H groups in total. The van der Waals surface area contributed by atoms with Crippen LogP contribution in [0, 0.1) is 11.3 Å². The number of imidazole rings is 1. The minimum absolute atomic E-state index is 0.263. The highest BCUT2D eigenvalue weighted by molar-refractivity contribution is 7.77. The predicted molar refractivity (Wildman–Crippen MR) is 102 cm³/mol. The van der Waals surface area contributed by atoms with E-state index in [0.29, 0.717) is 49.1 Å². The van der Waals surface area contributed by atoms with Crippen LogP contribution in [0.1, 0.15) is 38.2 Å². The second-order valence-electron chi connectivity index (χ2n) is 6.73. The molecule has 0 saturated carbocycles. The zero-order valence-corrected chi connectivity index (χ0v) is 16.3. The lowest BCUT2D eigenvalue weighted by atomic mass is 9.89. The summed E-state index contributed by atoms with van der Waals surface area (Å²) in [6.07, 6.45) is 4.01. The molecular formula is C17H25N5O4S. The number of anilines is 1. The molecule has 0 spiro atoms. The molecule has 0 bridgehead atoms. The maximum Gasteiger partial charge on any atom is 0.231 e. The van der Waals surface area contributed by atoms with Crippen molar-refractivity contribution in [3.05, 3.63) is 34.7 Å². The number of aromatic nitrogens is 2. The van der Waals surface area contributed by atoms with Gasteiger partial charge in [-0.05, 0) is 25.3 Å². The molecule has 2 aliphatic rings. The maximum atomic E-state index is 10.7. The molecule has 9 nitrogen and oxygen atoms in total. The fourth-order valence-corrected chi connectivity index (χ4v) is 3.61. The Morgan fingerprint density at radius 3 is 3.04 bits per heavy atom. The standard InChI is InChI=1S/C17H25N5O4S/c1-10-6-13-14(26-9-25-13)7-12(10)8-15-21-16(11(2)18)17(19)22(15)5-3-4-20-27(23)24/h7,10,18,20H,3-6,8-9,19H2,1-2H3,(H,23,24). The SMILES string of the molecule is CC(=N)c1nc(CC2=CC3=C(CC2C)OCO3)n(CCCNS(=O)O)c1N. The molecule has 1 aromatic rings. The van der Waals surface area contributed by atoms with Crippen molar-refractivity contribution in [2.45, 2.75) is 39.7 Å². The molecule has 2 heterocycles. The van der Waals surface area contributed by atoms with Crippen LogP contribution in [0.5, 0.6) is 0 Å². The van der Waals surface area contributed by atoms with Gasteiger partial charge in [-0.1, -0.05) is 12.5 Å². The monoisotopic (exact) mass is 395 g/mol. The van der Waals surface area contributed by atoms with Gasteiger partial charge in [0.1, 0.15) is 23.1 Å². The van der Waals surface area contributed by atoms with Crippen molar-refractivity contribution in [1.29, 1.82) is 5.41 Å². The first-order chi connectivity index (χ1) is 12.9. The van der Waals surface area contributed by atoms with Gasteiger partial charge >= 0.3 is 0 Å². The number of nitrogens with two attached hydrogens (primary N) is 1. The van der Waals surface area contributed by atoms with Crippen LogP contribution >= 0.6 is 0 Å². The van der Waals surface area contributed by atoms with E-state index in [0.717, 1.165) is 23.8 Å². The minimum atomic E-state index is -2.03. The largest absolute Gasteiger partial charge is 0.458 e. The summed E-state index contributed by atoms with van der Waals surface area (Å²) in [6.45, 7) is 4.98. The molecule has 27 heavy (non-hydrogen) atoms. The van der Waals surface area contributed by atoms with Crippen molar-refractivity contribution in [2.75, 3.05) is 19.1 Å². The number of nitrogens with zero attached hydrogens (tertiary/aromatic N) is 2. The number of hydrogen-bond donors (Lipinski definition) is 4. The average Bonchev–Trinajstić information content (AvgIpc) is 3.16. The second-order valence-corrected chi connectivity index (χ2v) is 7.52. The van der Waals surface area contributed by atoms with Crippen molar-refractivity contribution in [3.8, 4) is 0 Å². The lowest BCUT2D eigenvalue weighted by Crippen LogP contribution is -2.20. The van der Waals surface area contributed by atoms with Crippen molar-refractivity contribution in [2.24, 2.45) is 5.92 Å². The maximum absolute atomic E-state index is 10.7. The van der Waals surface area contributed by atoms with Gasteiger partial charge in [-0.3, -0.25) is 4.55 Å². The molecule has 0 radical (unpaired) electrons. The molecular weight excluding hydrogens is 370 g/mol. The first-order valence-electron chi connectivity index (χ1n) is 8.80. The predicted octanol–water partition coefficient (Wildman–Crippen LogP) is 1.69. The van der Waals surface area contributed by atoms with Crippen LogP contribution in [-0.2, 0) is 33.7 Å². The molecule has 10 heteroatoms. The number of rotatable bonds is 8. The van der Waals surface area contributed by atoms with Gasteiger partial charge in [-0.25, -0.2) is 13.9 Å².